The molecular weight excluding hydrogens is 250 g/mol. The molecule has 6 heteroatoms. The molecule has 16 heavy (non-hydrogen) atoms. The van der Waals surface area contributed by atoms with Crippen LogP contribution >= 0.6 is 0 Å². The van der Waals surface area contributed by atoms with Crippen molar-refractivity contribution in [2.75, 3.05) is 5.73 Å². The minimum absolute atomic E-state index is 0. The molecule has 0 atom stereocenters. The van der Waals surface area contributed by atoms with E-state index in [9.17, 15) is 9.59 Å². The molecule has 0 amide bonds. The van der Waals surface area contributed by atoms with Crippen molar-refractivity contribution in [3.05, 3.63) is 42.5 Å². The molecule has 0 heterocycles. The third-order valence-electron chi connectivity index (χ3n) is 1.17. The summed E-state index contributed by atoms with van der Waals surface area (Å²) in [6, 6.07) is 9.49. The van der Waals surface area contributed by atoms with Crippen LogP contribution in [0.1, 0.15) is 0 Å². The van der Waals surface area contributed by atoms with Crippen LogP contribution in [0.5, 0.6) is 0 Å². The van der Waals surface area contributed by atoms with Crippen LogP contribution in [-0.4, -0.2) is 22.2 Å². The van der Waals surface area contributed by atoms with Crippen LogP contribution in [0.2, 0.25) is 0 Å². The van der Waals surface area contributed by atoms with Crippen molar-refractivity contribution in [1.82, 2.24) is 0 Å². The minimum Gasteiger partial charge on any atom is -0.478 e. The molecular formula is C10H11CrNO4. The molecule has 5 nitrogen and oxygen atoms in total. The topological polar surface area (TPSA) is 101 Å². The second-order valence-corrected chi connectivity index (χ2v) is 2.42. The number of hydrogen-bond donors (Lipinski definition) is 3. The van der Waals surface area contributed by atoms with Gasteiger partial charge in [0.2, 0.25) is 0 Å². The van der Waals surface area contributed by atoms with Gasteiger partial charge in [0.05, 0.1) is 0 Å². The van der Waals surface area contributed by atoms with E-state index in [2.05, 4.69) is 0 Å². The van der Waals surface area contributed by atoms with E-state index >= 15 is 0 Å². The Morgan fingerprint density at radius 3 is 1.56 bits per heavy atom. The van der Waals surface area contributed by atoms with E-state index < -0.39 is 11.9 Å². The van der Waals surface area contributed by atoms with E-state index in [1.54, 1.807) is 0 Å². The standard InChI is InChI=1S/C6H7N.C4H4O4.Cr/c7-6-4-2-1-3-5-6;5-3(6)1-2-4(7)8;/h1-5H,7H2;1-2H,(H,5,6)(H,7,8);/b;2-1-;. The van der Waals surface area contributed by atoms with Crippen molar-refractivity contribution in [2.45, 2.75) is 0 Å². The van der Waals surface area contributed by atoms with Crippen LogP contribution in [0.3, 0.4) is 0 Å². The maximum atomic E-state index is 9.55. The van der Waals surface area contributed by atoms with Gasteiger partial charge in [0, 0.05) is 35.2 Å². The van der Waals surface area contributed by atoms with Gasteiger partial charge < -0.3 is 15.9 Å². The zero-order chi connectivity index (χ0) is 11.7. The molecule has 0 saturated heterocycles. The van der Waals surface area contributed by atoms with E-state index in [0.717, 1.165) is 5.69 Å². The van der Waals surface area contributed by atoms with Gasteiger partial charge in [0.15, 0.2) is 0 Å². The molecule has 4 N–H and O–H groups in total. The van der Waals surface area contributed by atoms with E-state index in [-0.39, 0.29) is 17.4 Å². The zero-order valence-electron chi connectivity index (χ0n) is 8.24. The van der Waals surface area contributed by atoms with E-state index in [4.69, 9.17) is 15.9 Å². The first kappa shape index (κ1) is 16.7. The van der Waals surface area contributed by atoms with Crippen molar-refractivity contribution in [1.29, 1.82) is 0 Å². The van der Waals surface area contributed by atoms with Gasteiger partial charge in [-0.1, -0.05) is 18.2 Å². The van der Waals surface area contributed by atoms with Gasteiger partial charge >= 0.3 is 11.9 Å². The van der Waals surface area contributed by atoms with Crippen LogP contribution in [0.15, 0.2) is 42.5 Å². The SMILES string of the molecule is Nc1ccccc1.O=C(O)/C=C\C(=O)O.[Cr]. The van der Waals surface area contributed by atoms with Gasteiger partial charge in [-0.05, 0) is 12.1 Å². The molecule has 0 aliphatic heterocycles. The average molecular weight is 261 g/mol. The number of para-hydroxylation sites is 1. The van der Waals surface area contributed by atoms with Gasteiger partial charge in [-0.15, -0.1) is 0 Å². The summed E-state index contributed by atoms with van der Waals surface area (Å²) in [5, 5.41) is 15.6. The van der Waals surface area contributed by atoms with Crippen LogP contribution in [0, 0.1) is 0 Å². The predicted molar refractivity (Wildman–Crippen MR) is 55.3 cm³/mol. The van der Waals surface area contributed by atoms with Gasteiger partial charge in [0.25, 0.3) is 0 Å². The Balaban J connectivity index is 0. The molecule has 0 unspecified atom stereocenters. The molecule has 86 valence electrons. The fraction of sp³-hybridized carbons (Fsp3) is 0. The normalized spacial score (nSPS) is 8.50. The smallest absolute Gasteiger partial charge is 0.328 e. The van der Waals surface area contributed by atoms with Crippen LogP contribution in [0.25, 0.3) is 0 Å². The van der Waals surface area contributed by atoms with Gasteiger partial charge in [-0.3, -0.25) is 0 Å². The van der Waals surface area contributed by atoms with Crippen molar-refractivity contribution in [3.63, 3.8) is 0 Å². The number of carboxylic acids is 2. The Morgan fingerprint density at radius 2 is 1.38 bits per heavy atom. The summed E-state index contributed by atoms with van der Waals surface area (Å²) in [7, 11) is 0. The number of hydrogen-bond acceptors (Lipinski definition) is 3. The molecule has 1 aromatic carbocycles. The summed E-state index contributed by atoms with van der Waals surface area (Å²) >= 11 is 0. The molecule has 0 aliphatic rings. The maximum Gasteiger partial charge on any atom is 0.328 e. The number of nitrogen functional groups attached to an aromatic ring is 1. The molecule has 0 bridgehead atoms. The summed E-state index contributed by atoms with van der Waals surface area (Å²) in [6.07, 6.45) is 1.12. The fourth-order valence-corrected chi connectivity index (χ4v) is 0.596. The van der Waals surface area contributed by atoms with Crippen LogP contribution in [-0.2, 0) is 27.0 Å². The Morgan fingerprint density at radius 1 is 1.00 bits per heavy atom. The van der Waals surface area contributed by atoms with Gasteiger partial charge in [0.1, 0.15) is 0 Å². The Bertz CT molecular complexity index is 335. The average Bonchev–Trinajstić information content (AvgIpc) is 2.17. The third kappa shape index (κ3) is 12.2. The van der Waals surface area contributed by atoms with E-state index in [1.807, 2.05) is 30.3 Å². The number of carboxylic acid groups (broad SMARTS) is 2. The number of rotatable bonds is 2. The number of aliphatic carboxylic acids is 2. The molecule has 0 aromatic heterocycles. The molecule has 0 spiro atoms. The number of anilines is 1. The Hall–Kier alpha value is -1.77. The quantitative estimate of drug-likeness (QED) is 0.544. The molecule has 0 fully saturated rings. The summed E-state index contributed by atoms with van der Waals surface area (Å²) in [5.41, 5.74) is 6.18. The van der Waals surface area contributed by atoms with Crippen molar-refractivity contribution in [3.8, 4) is 0 Å². The second-order valence-electron chi connectivity index (χ2n) is 2.42. The van der Waals surface area contributed by atoms with Crippen LogP contribution < -0.4 is 5.73 Å². The first-order valence-corrected chi connectivity index (χ1v) is 3.97. The molecule has 1 aromatic rings. The number of benzene rings is 1. The van der Waals surface area contributed by atoms with Crippen molar-refractivity contribution in [2.24, 2.45) is 0 Å². The first-order chi connectivity index (χ1) is 7.02. The summed E-state index contributed by atoms with van der Waals surface area (Å²) in [5.74, 6) is -2.51. The summed E-state index contributed by atoms with van der Waals surface area (Å²) < 4.78 is 0. The molecule has 0 radical (unpaired) electrons. The Kier molecular flexibility index (Phi) is 10.2. The van der Waals surface area contributed by atoms with E-state index in [0.29, 0.717) is 12.2 Å². The van der Waals surface area contributed by atoms with Gasteiger partial charge in [-0.2, -0.15) is 0 Å². The monoisotopic (exact) mass is 261 g/mol. The van der Waals surface area contributed by atoms with Crippen molar-refractivity contribution < 1.29 is 37.2 Å². The van der Waals surface area contributed by atoms with Crippen molar-refractivity contribution >= 4 is 17.6 Å². The first-order valence-electron chi connectivity index (χ1n) is 3.97. The molecule has 1 rings (SSSR count). The Labute approximate surface area is 103 Å². The molecule has 0 saturated carbocycles. The maximum absolute atomic E-state index is 9.55. The number of nitrogens with two attached hydrogens (primary N) is 1. The summed E-state index contributed by atoms with van der Waals surface area (Å²) in [4.78, 5) is 19.1. The zero-order valence-corrected chi connectivity index (χ0v) is 9.51. The summed E-state index contributed by atoms with van der Waals surface area (Å²) in [6.45, 7) is 0. The van der Waals surface area contributed by atoms with E-state index in [1.165, 1.54) is 0 Å². The van der Waals surface area contributed by atoms with Gasteiger partial charge in [-0.25, -0.2) is 9.59 Å². The number of carbonyl (C=O) groups is 2. The largest absolute Gasteiger partial charge is 0.478 e. The predicted octanol–water partition coefficient (Wildman–Crippen LogP) is 0.978. The fourth-order valence-electron chi connectivity index (χ4n) is 0.596. The minimum atomic E-state index is -1.26. The molecule has 0 aliphatic carbocycles. The third-order valence-corrected chi connectivity index (χ3v) is 1.17. The van der Waals surface area contributed by atoms with Crippen LogP contribution in [0.4, 0.5) is 5.69 Å². The second kappa shape index (κ2) is 9.77.